The van der Waals surface area contributed by atoms with Crippen LogP contribution in [0.1, 0.15) is 11.1 Å². The van der Waals surface area contributed by atoms with Crippen LogP contribution in [0.15, 0.2) is 24.3 Å². The van der Waals surface area contributed by atoms with Crippen molar-refractivity contribution in [2.24, 2.45) is 0 Å². The third-order valence-corrected chi connectivity index (χ3v) is 3.25. The molecule has 7 heteroatoms. The topological polar surface area (TPSA) is 39.6 Å². The lowest BCUT2D eigenvalue weighted by Crippen LogP contribution is -2.04. The molecule has 0 saturated carbocycles. The number of hydrogen-bond donors (Lipinski definition) is 1. The van der Waals surface area contributed by atoms with E-state index in [0.717, 1.165) is 12.1 Å². The van der Waals surface area contributed by atoms with E-state index in [1.54, 1.807) is 0 Å². The second kappa shape index (κ2) is 4.80. The molecular weight excluding hydrogens is 300 g/mol. The van der Waals surface area contributed by atoms with Crippen molar-refractivity contribution in [3.8, 4) is 17.3 Å². The monoisotopic (exact) mass is 304 g/mol. The quantitative estimate of drug-likeness (QED) is 0.801. The average Bonchev–Trinajstić information content (AvgIpc) is 2.64. The number of nitrogens with zero attached hydrogens (tertiary/aromatic N) is 1. The summed E-state index contributed by atoms with van der Waals surface area (Å²) in [7, 11) is 0. The Labute approximate surface area is 116 Å². The molecule has 0 aliphatic heterocycles. The number of alkyl halides is 3. The number of halogens is 5. The number of aromatic nitrogens is 1. The molecule has 0 aliphatic carbocycles. The maximum Gasteiger partial charge on any atom is 0.416 e. The Hall–Kier alpha value is -1.64. The van der Waals surface area contributed by atoms with Gasteiger partial charge in [0.1, 0.15) is 11.2 Å². The Kier molecular flexibility index (Phi) is 3.48. The molecular formula is C12H5Cl2F3N2. The van der Waals surface area contributed by atoms with Crippen molar-refractivity contribution in [3.63, 3.8) is 0 Å². The fourth-order valence-electron chi connectivity index (χ4n) is 1.62. The van der Waals surface area contributed by atoms with E-state index < -0.39 is 11.7 Å². The van der Waals surface area contributed by atoms with Gasteiger partial charge >= 0.3 is 6.18 Å². The highest BCUT2D eigenvalue weighted by Crippen LogP contribution is 2.36. The van der Waals surface area contributed by atoms with Gasteiger partial charge in [0.05, 0.1) is 21.8 Å². The molecule has 0 aliphatic rings. The largest absolute Gasteiger partial charge is 0.416 e. The number of benzene rings is 1. The summed E-state index contributed by atoms with van der Waals surface area (Å²) in [4.78, 5) is 2.60. The lowest BCUT2D eigenvalue weighted by Gasteiger charge is -2.08. The van der Waals surface area contributed by atoms with Gasteiger partial charge in [-0.15, -0.1) is 0 Å². The van der Waals surface area contributed by atoms with Crippen LogP contribution in [-0.4, -0.2) is 4.98 Å². The van der Waals surface area contributed by atoms with Crippen LogP contribution >= 0.6 is 23.2 Å². The van der Waals surface area contributed by atoms with Gasteiger partial charge in [0, 0.05) is 0 Å². The van der Waals surface area contributed by atoms with Gasteiger partial charge in [-0.25, -0.2) is 0 Å². The molecule has 0 spiro atoms. The van der Waals surface area contributed by atoms with Crippen molar-refractivity contribution in [3.05, 3.63) is 45.6 Å². The molecule has 0 bridgehead atoms. The van der Waals surface area contributed by atoms with Gasteiger partial charge < -0.3 is 4.98 Å². The smallest absolute Gasteiger partial charge is 0.343 e. The van der Waals surface area contributed by atoms with Crippen LogP contribution in [0.2, 0.25) is 10.2 Å². The number of nitriles is 1. The summed E-state index contributed by atoms with van der Waals surface area (Å²) in [5.41, 5.74) is -0.425. The SMILES string of the molecule is N#Cc1c(-c2cccc(C(F)(F)F)c2)[nH]c(Cl)c1Cl. The van der Waals surface area contributed by atoms with Crippen molar-refractivity contribution in [2.45, 2.75) is 6.18 Å². The van der Waals surface area contributed by atoms with Gasteiger partial charge in [0.2, 0.25) is 0 Å². The zero-order chi connectivity index (χ0) is 14.2. The lowest BCUT2D eigenvalue weighted by atomic mass is 10.1. The molecule has 2 rings (SSSR count). The second-order valence-electron chi connectivity index (χ2n) is 3.69. The summed E-state index contributed by atoms with van der Waals surface area (Å²) >= 11 is 11.5. The highest BCUT2D eigenvalue weighted by molar-refractivity contribution is 6.42. The van der Waals surface area contributed by atoms with Crippen molar-refractivity contribution in [2.75, 3.05) is 0 Å². The first kappa shape index (κ1) is 13.8. The standard InChI is InChI=1S/C12H5Cl2F3N2/c13-9-8(5-18)10(19-11(9)14)6-2-1-3-7(4-6)12(15,16)17/h1-4,19H. The van der Waals surface area contributed by atoms with Crippen LogP contribution in [-0.2, 0) is 6.18 Å². The van der Waals surface area contributed by atoms with E-state index in [9.17, 15) is 13.2 Å². The zero-order valence-corrected chi connectivity index (χ0v) is 10.7. The van der Waals surface area contributed by atoms with Crippen LogP contribution in [0.4, 0.5) is 13.2 Å². The molecule has 0 radical (unpaired) electrons. The summed E-state index contributed by atoms with van der Waals surface area (Å²) in [5, 5.41) is 8.98. The van der Waals surface area contributed by atoms with Gasteiger partial charge in [0.25, 0.3) is 0 Å². The van der Waals surface area contributed by atoms with Crippen molar-refractivity contribution in [1.82, 2.24) is 4.98 Å². The number of aromatic amines is 1. The number of H-pyrrole nitrogens is 1. The molecule has 2 nitrogen and oxygen atoms in total. The molecule has 0 atom stereocenters. The predicted octanol–water partition coefficient (Wildman–Crippen LogP) is 4.88. The van der Waals surface area contributed by atoms with E-state index >= 15 is 0 Å². The fourth-order valence-corrected chi connectivity index (χ4v) is 1.99. The summed E-state index contributed by atoms with van der Waals surface area (Å²) in [6, 6.07) is 6.38. The minimum Gasteiger partial charge on any atom is -0.343 e. The maximum atomic E-state index is 12.6. The maximum absolute atomic E-state index is 12.6. The van der Waals surface area contributed by atoms with Gasteiger partial charge in [0.15, 0.2) is 0 Å². The summed E-state index contributed by atoms with van der Waals surface area (Å²) in [6.45, 7) is 0. The molecule has 2 aromatic rings. The van der Waals surface area contributed by atoms with Gasteiger partial charge in [-0.2, -0.15) is 18.4 Å². The molecule has 0 saturated heterocycles. The number of nitrogens with one attached hydrogen (secondary N) is 1. The Morgan fingerprint density at radius 2 is 1.89 bits per heavy atom. The zero-order valence-electron chi connectivity index (χ0n) is 9.15. The van der Waals surface area contributed by atoms with Crippen molar-refractivity contribution in [1.29, 1.82) is 5.26 Å². The lowest BCUT2D eigenvalue weighted by molar-refractivity contribution is -0.137. The molecule has 98 valence electrons. The van der Waals surface area contributed by atoms with E-state index in [1.807, 2.05) is 6.07 Å². The predicted molar refractivity (Wildman–Crippen MR) is 66.0 cm³/mol. The Bertz CT molecular complexity index is 669. The molecule has 0 fully saturated rings. The van der Waals surface area contributed by atoms with Gasteiger partial charge in [-0.1, -0.05) is 35.3 Å². The molecule has 19 heavy (non-hydrogen) atoms. The average molecular weight is 305 g/mol. The van der Waals surface area contributed by atoms with E-state index in [1.165, 1.54) is 12.1 Å². The normalized spacial score (nSPS) is 11.4. The summed E-state index contributed by atoms with van der Waals surface area (Å²) in [5.74, 6) is 0. The van der Waals surface area contributed by atoms with Crippen molar-refractivity contribution < 1.29 is 13.2 Å². The minimum atomic E-state index is -4.46. The summed E-state index contributed by atoms with van der Waals surface area (Å²) < 4.78 is 37.9. The molecule has 1 heterocycles. The molecule has 1 N–H and O–H groups in total. The number of rotatable bonds is 1. The fraction of sp³-hybridized carbons (Fsp3) is 0.0833. The first-order valence-corrected chi connectivity index (χ1v) is 5.75. The van der Waals surface area contributed by atoms with E-state index in [-0.39, 0.29) is 27.0 Å². The van der Waals surface area contributed by atoms with E-state index in [2.05, 4.69) is 4.98 Å². The Balaban J connectivity index is 2.61. The highest BCUT2D eigenvalue weighted by Gasteiger charge is 2.30. The van der Waals surface area contributed by atoms with Gasteiger partial charge in [-0.05, 0) is 17.7 Å². The van der Waals surface area contributed by atoms with Crippen LogP contribution in [0.5, 0.6) is 0 Å². The third-order valence-electron chi connectivity index (χ3n) is 2.49. The number of hydrogen-bond acceptors (Lipinski definition) is 1. The molecule has 0 amide bonds. The minimum absolute atomic E-state index is 0.00317. The summed E-state index contributed by atoms with van der Waals surface area (Å²) in [6.07, 6.45) is -4.46. The first-order valence-electron chi connectivity index (χ1n) is 4.99. The first-order chi connectivity index (χ1) is 8.84. The highest BCUT2D eigenvalue weighted by atomic mass is 35.5. The van der Waals surface area contributed by atoms with Gasteiger partial charge in [-0.3, -0.25) is 0 Å². The third kappa shape index (κ3) is 2.55. The van der Waals surface area contributed by atoms with Crippen LogP contribution in [0.3, 0.4) is 0 Å². The van der Waals surface area contributed by atoms with Crippen LogP contribution in [0, 0.1) is 11.3 Å². The van der Waals surface area contributed by atoms with Crippen molar-refractivity contribution >= 4 is 23.2 Å². The molecule has 1 aromatic heterocycles. The Morgan fingerprint density at radius 3 is 2.47 bits per heavy atom. The molecule has 0 unspecified atom stereocenters. The van der Waals surface area contributed by atoms with Crippen LogP contribution in [0.25, 0.3) is 11.3 Å². The van der Waals surface area contributed by atoms with E-state index in [4.69, 9.17) is 28.5 Å². The molecule has 1 aromatic carbocycles. The Morgan fingerprint density at radius 1 is 1.21 bits per heavy atom. The van der Waals surface area contributed by atoms with Crippen LogP contribution < -0.4 is 0 Å². The van der Waals surface area contributed by atoms with E-state index in [0.29, 0.717) is 0 Å². The second-order valence-corrected chi connectivity index (χ2v) is 4.45.